The fraction of sp³-hybridized carbons (Fsp3) is 1.00. The average molecular weight is 136 g/mol. The zero-order valence-electron chi connectivity index (χ0n) is 5.48. The van der Waals surface area contributed by atoms with Gasteiger partial charge in [-0.3, -0.25) is 0 Å². The van der Waals surface area contributed by atoms with Gasteiger partial charge in [0.05, 0.1) is 0 Å². The number of hydrogen-bond acceptors (Lipinski definition) is 0. The molecular weight excluding hydrogens is 123 g/mol. The number of rotatable bonds is 0. The quantitative estimate of drug-likeness (QED) is 0.480. The fourth-order valence-electron chi connectivity index (χ4n) is 1.10. The van der Waals surface area contributed by atoms with E-state index in [-0.39, 0.29) is 0 Å². The summed E-state index contributed by atoms with van der Waals surface area (Å²) in [5.74, 6) is 0.855. The predicted octanol–water partition coefficient (Wildman–Crippen LogP) is 2.49. The van der Waals surface area contributed by atoms with Crippen molar-refractivity contribution in [3.63, 3.8) is 0 Å². The molecule has 0 amide bonds. The Kier molecular flexibility index (Phi) is 1.52. The van der Waals surface area contributed by atoms with Crippen molar-refractivity contribution in [2.75, 3.05) is 12.0 Å². The van der Waals surface area contributed by atoms with Crippen LogP contribution in [0.3, 0.4) is 0 Å². The van der Waals surface area contributed by atoms with E-state index in [1.165, 1.54) is 0 Å². The van der Waals surface area contributed by atoms with Gasteiger partial charge in [-0.2, -0.15) is 3.89 Å². The lowest BCUT2D eigenvalue weighted by molar-refractivity contribution is 0.817. The van der Waals surface area contributed by atoms with Gasteiger partial charge in [-0.25, -0.2) is 0 Å². The van der Waals surface area contributed by atoms with Gasteiger partial charge in [0, 0.05) is 11.0 Å². The minimum absolute atomic E-state index is 0.377. The van der Waals surface area contributed by atoms with Gasteiger partial charge in [0.25, 0.3) is 0 Å². The zero-order valence-corrected chi connectivity index (χ0v) is 6.30. The molecule has 1 aliphatic heterocycles. The van der Waals surface area contributed by atoms with Crippen LogP contribution >= 0.6 is 10.4 Å². The lowest BCUT2D eigenvalue weighted by atomic mass is 10.3. The van der Waals surface area contributed by atoms with E-state index in [0.717, 1.165) is 18.6 Å². The topological polar surface area (TPSA) is 0 Å². The third-order valence-electron chi connectivity index (χ3n) is 1.99. The van der Waals surface area contributed by atoms with E-state index in [2.05, 4.69) is 0 Å². The fourth-order valence-corrected chi connectivity index (χ4v) is 2.89. The highest BCUT2D eigenvalue weighted by Gasteiger charge is 2.30. The van der Waals surface area contributed by atoms with Crippen LogP contribution in [0.1, 0.15) is 19.8 Å². The molecule has 0 aromatic rings. The van der Waals surface area contributed by atoms with Crippen molar-refractivity contribution in [2.45, 2.75) is 25.0 Å². The second-order valence-electron chi connectivity index (χ2n) is 2.70. The summed E-state index contributed by atoms with van der Waals surface area (Å²) in [6.45, 7) is 2.03. The Labute approximate surface area is 52.1 Å². The van der Waals surface area contributed by atoms with Gasteiger partial charge in [-0.05, 0) is 19.1 Å². The first kappa shape index (κ1) is 6.40. The third kappa shape index (κ3) is 0.993. The van der Waals surface area contributed by atoms with Crippen LogP contribution in [0.5, 0.6) is 0 Å². The molecule has 1 saturated heterocycles. The number of halogens is 1. The van der Waals surface area contributed by atoms with Crippen LogP contribution in [0.2, 0.25) is 0 Å². The first-order valence-electron chi connectivity index (χ1n) is 3.07. The number of hydrogen-bond donors (Lipinski definition) is 0. The minimum atomic E-state index is -1.62. The summed E-state index contributed by atoms with van der Waals surface area (Å²) >= 11 is 0. The second-order valence-corrected chi connectivity index (χ2v) is 6.00. The molecule has 0 spiro atoms. The van der Waals surface area contributed by atoms with E-state index >= 15 is 0 Å². The molecule has 8 heavy (non-hydrogen) atoms. The van der Waals surface area contributed by atoms with Gasteiger partial charge in [0.2, 0.25) is 0 Å². The van der Waals surface area contributed by atoms with Crippen LogP contribution in [0.15, 0.2) is 0 Å². The first-order valence-corrected chi connectivity index (χ1v) is 5.25. The van der Waals surface area contributed by atoms with Gasteiger partial charge < -0.3 is 0 Å². The van der Waals surface area contributed by atoms with Gasteiger partial charge in [0.15, 0.2) is 0 Å². The highest BCUT2D eigenvalue weighted by Crippen LogP contribution is 2.57. The van der Waals surface area contributed by atoms with E-state index in [1.54, 1.807) is 6.26 Å². The molecule has 50 valence electrons. The maximum Gasteiger partial charge on any atom is 0.0119 e. The molecule has 0 saturated carbocycles. The SMILES string of the molecule is C[C@@H]1CCCS1(C)F. The van der Waals surface area contributed by atoms with Gasteiger partial charge in [0.1, 0.15) is 0 Å². The molecular formula is C6H13FS. The average Bonchev–Trinajstić information content (AvgIpc) is 1.86. The van der Waals surface area contributed by atoms with E-state index < -0.39 is 10.4 Å². The summed E-state index contributed by atoms with van der Waals surface area (Å²) in [6.07, 6.45) is 4.02. The summed E-state index contributed by atoms with van der Waals surface area (Å²) in [5, 5.41) is 0.377. The Hall–Kier alpha value is 0.280. The van der Waals surface area contributed by atoms with Crippen molar-refractivity contribution in [2.24, 2.45) is 0 Å². The van der Waals surface area contributed by atoms with Crippen LogP contribution in [-0.4, -0.2) is 17.3 Å². The molecule has 0 radical (unpaired) electrons. The van der Waals surface area contributed by atoms with Crippen molar-refractivity contribution in [1.82, 2.24) is 0 Å². The summed E-state index contributed by atoms with van der Waals surface area (Å²) in [5.41, 5.74) is 0. The zero-order chi connectivity index (χ0) is 6.20. The molecule has 0 aromatic carbocycles. The van der Waals surface area contributed by atoms with Crippen molar-refractivity contribution in [1.29, 1.82) is 0 Å². The Balaban J connectivity index is 2.54. The molecule has 2 atom stereocenters. The minimum Gasteiger partial charge on any atom is -0.189 e. The summed E-state index contributed by atoms with van der Waals surface area (Å²) in [7, 11) is -1.62. The van der Waals surface area contributed by atoms with Crippen molar-refractivity contribution in [3.8, 4) is 0 Å². The molecule has 0 nitrogen and oxygen atoms in total. The normalized spacial score (nSPS) is 55.6. The van der Waals surface area contributed by atoms with Crippen molar-refractivity contribution < 1.29 is 3.89 Å². The van der Waals surface area contributed by atoms with E-state index in [4.69, 9.17) is 0 Å². The maximum atomic E-state index is 13.1. The molecule has 0 aromatic heterocycles. The molecule has 1 fully saturated rings. The molecule has 1 rings (SSSR count). The third-order valence-corrected chi connectivity index (χ3v) is 4.99. The Morgan fingerprint density at radius 1 is 1.62 bits per heavy atom. The Morgan fingerprint density at radius 2 is 2.25 bits per heavy atom. The summed E-state index contributed by atoms with van der Waals surface area (Å²) in [6, 6.07) is 0. The molecule has 0 N–H and O–H groups in total. The first-order chi connectivity index (χ1) is 3.63. The lowest BCUT2D eigenvalue weighted by Crippen LogP contribution is -2.01. The molecule has 0 aliphatic carbocycles. The molecule has 1 aliphatic rings. The molecule has 1 heterocycles. The van der Waals surface area contributed by atoms with E-state index in [0.29, 0.717) is 5.25 Å². The van der Waals surface area contributed by atoms with Gasteiger partial charge in [-0.15, -0.1) is 0 Å². The van der Waals surface area contributed by atoms with Gasteiger partial charge in [-0.1, -0.05) is 17.3 Å². The Bertz CT molecular complexity index is 90.5. The monoisotopic (exact) mass is 136 g/mol. The highest BCUT2D eigenvalue weighted by atomic mass is 32.3. The summed E-state index contributed by atoms with van der Waals surface area (Å²) in [4.78, 5) is 0. The van der Waals surface area contributed by atoms with E-state index in [9.17, 15) is 3.89 Å². The molecule has 0 bridgehead atoms. The maximum absolute atomic E-state index is 13.1. The smallest absolute Gasteiger partial charge is 0.0119 e. The lowest BCUT2D eigenvalue weighted by Gasteiger charge is -2.23. The summed E-state index contributed by atoms with van der Waals surface area (Å²) < 4.78 is 13.1. The van der Waals surface area contributed by atoms with Gasteiger partial charge >= 0.3 is 0 Å². The van der Waals surface area contributed by atoms with Crippen LogP contribution in [0, 0.1) is 0 Å². The van der Waals surface area contributed by atoms with E-state index in [1.807, 2.05) is 6.92 Å². The van der Waals surface area contributed by atoms with Crippen LogP contribution in [0.4, 0.5) is 3.89 Å². The van der Waals surface area contributed by atoms with Crippen molar-refractivity contribution in [3.05, 3.63) is 0 Å². The second kappa shape index (κ2) is 1.90. The van der Waals surface area contributed by atoms with Crippen LogP contribution in [0.25, 0.3) is 0 Å². The largest absolute Gasteiger partial charge is 0.189 e. The Morgan fingerprint density at radius 3 is 2.38 bits per heavy atom. The molecule has 1 unspecified atom stereocenters. The standard InChI is InChI=1S/C6H13FS/c1-6-4-3-5-8(6,2)7/h6H,3-5H2,1-2H3/t6-/m1/s1. The van der Waals surface area contributed by atoms with Crippen LogP contribution in [-0.2, 0) is 0 Å². The van der Waals surface area contributed by atoms with Crippen LogP contribution < -0.4 is 0 Å². The predicted molar refractivity (Wildman–Crippen MR) is 38.2 cm³/mol. The highest BCUT2D eigenvalue weighted by molar-refractivity contribution is 8.29. The molecule has 2 heteroatoms. The van der Waals surface area contributed by atoms with Crippen molar-refractivity contribution >= 4 is 10.4 Å².